The molecule has 3 aromatic carbocycles. The van der Waals surface area contributed by atoms with Crippen molar-refractivity contribution in [3.8, 4) is 11.8 Å². The Hall–Kier alpha value is -4.44. The minimum absolute atomic E-state index is 0.110. The number of methoxy groups -OCH3 is 1. The monoisotopic (exact) mass is 458 g/mol. The average molecular weight is 458 g/mol. The van der Waals surface area contributed by atoms with E-state index in [1.807, 2.05) is 13.0 Å². The van der Waals surface area contributed by atoms with Gasteiger partial charge in [0.25, 0.3) is 5.91 Å². The van der Waals surface area contributed by atoms with Crippen molar-refractivity contribution in [1.29, 1.82) is 5.26 Å². The van der Waals surface area contributed by atoms with Crippen LogP contribution in [0, 0.1) is 17.1 Å². The number of carbonyl (C=O) groups excluding carboxylic acids is 2. The van der Waals surface area contributed by atoms with Crippen molar-refractivity contribution < 1.29 is 23.5 Å². The highest BCUT2D eigenvalue weighted by Gasteiger charge is 2.13. The van der Waals surface area contributed by atoms with Crippen LogP contribution in [0.25, 0.3) is 6.08 Å². The van der Waals surface area contributed by atoms with Gasteiger partial charge in [-0.2, -0.15) is 5.26 Å². The predicted octanol–water partition coefficient (Wildman–Crippen LogP) is 5.15. The van der Waals surface area contributed by atoms with E-state index in [1.54, 1.807) is 48.5 Å². The van der Waals surface area contributed by atoms with Gasteiger partial charge in [0.15, 0.2) is 0 Å². The van der Waals surface area contributed by atoms with Crippen molar-refractivity contribution in [3.63, 3.8) is 0 Å². The Morgan fingerprint density at radius 3 is 2.44 bits per heavy atom. The minimum atomic E-state index is -0.596. The summed E-state index contributed by atoms with van der Waals surface area (Å²) in [5.74, 6) is -0.826. The van der Waals surface area contributed by atoms with Crippen molar-refractivity contribution in [3.05, 3.63) is 100 Å². The fourth-order valence-corrected chi connectivity index (χ4v) is 3.26. The third kappa shape index (κ3) is 6.08. The predicted molar refractivity (Wildman–Crippen MR) is 127 cm³/mol. The summed E-state index contributed by atoms with van der Waals surface area (Å²) in [6.07, 6.45) is 1.80. The van der Waals surface area contributed by atoms with E-state index in [-0.39, 0.29) is 11.4 Å². The summed E-state index contributed by atoms with van der Waals surface area (Å²) in [5.41, 5.74) is 2.58. The molecule has 6 nitrogen and oxygen atoms in total. The lowest BCUT2D eigenvalue weighted by atomic mass is 10.0. The van der Waals surface area contributed by atoms with Gasteiger partial charge in [0.05, 0.1) is 19.3 Å². The van der Waals surface area contributed by atoms with Crippen LogP contribution in [0.1, 0.15) is 34.0 Å². The van der Waals surface area contributed by atoms with Crippen LogP contribution in [0.2, 0.25) is 0 Å². The van der Waals surface area contributed by atoms with Crippen LogP contribution in [0.15, 0.2) is 72.3 Å². The normalized spacial score (nSPS) is 10.8. The molecule has 1 N–H and O–H groups in total. The first-order valence-corrected chi connectivity index (χ1v) is 10.6. The SMILES string of the molecule is CCOc1cc(/C=C(\C#N)C(=O)Nc2ccc(C(=O)OC)cc2)ccc1Cc1ccccc1F. The van der Waals surface area contributed by atoms with Crippen molar-refractivity contribution in [2.75, 3.05) is 19.0 Å². The van der Waals surface area contributed by atoms with Crippen molar-refractivity contribution >= 4 is 23.6 Å². The van der Waals surface area contributed by atoms with Crippen LogP contribution in [0.5, 0.6) is 5.75 Å². The molecule has 3 aromatic rings. The molecule has 34 heavy (non-hydrogen) atoms. The lowest BCUT2D eigenvalue weighted by molar-refractivity contribution is -0.112. The number of hydrogen-bond donors (Lipinski definition) is 1. The van der Waals surface area contributed by atoms with Gasteiger partial charge in [-0.3, -0.25) is 4.79 Å². The molecular formula is C27H23FN2O4. The maximum Gasteiger partial charge on any atom is 0.337 e. The molecule has 0 saturated heterocycles. The van der Waals surface area contributed by atoms with E-state index in [9.17, 15) is 19.2 Å². The third-order valence-corrected chi connectivity index (χ3v) is 4.97. The molecular weight excluding hydrogens is 435 g/mol. The van der Waals surface area contributed by atoms with E-state index in [1.165, 1.54) is 31.4 Å². The van der Waals surface area contributed by atoms with Crippen molar-refractivity contribution in [2.24, 2.45) is 0 Å². The molecule has 0 fully saturated rings. The van der Waals surface area contributed by atoms with Crippen LogP contribution in [0.4, 0.5) is 10.1 Å². The Morgan fingerprint density at radius 1 is 1.06 bits per heavy atom. The first-order valence-electron chi connectivity index (χ1n) is 10.6. The zero-order chi connectivity index (χ0) is 24.5. The number of carbonyl (C=O) groups is 2. The number of nitrogens with one attached hydrogen (secondary N) is 1. The van der Waals surface area contributed by atoms with Gasteiger partial charge in [-0.15, -0.1) is 0 Å². The Labute approximate surface area is 197 Å². The summed E-state index contributed by atoms with van der Waals surface area (Å²) in [6.45, 7) is 2.25. The molecule has 0 radical (unpaired) electrons. The lowest BCUT2D eigenvalue weighted by Crippen LogP contribution is -2.13. The molecule has 1 amide bonds. The fraction of sp³-hybridized carbons (Fsp3) is 0.148. The van der Waals surface area contributed by atoms with Crippen molar-refractivity contribution in [1.82, 2.24) is 0 Å². The number of ether oxygens (including phenoxy) is 2. The topological polar surface area (TPSA) is 88.4 Å². The number of nitriles is 1. The molecule has 7 heteroatoms. The Morgan fingerprint density at radius 2 is 1.79 bits per heavy atom. The van der Waals surface area contributed by atoms with Crippen molar-refractivity contribution in [2.45, 2.75) is 13.3 Å². The third-order valence-electron chi connectivity index (χ3n) is 4.97. The highest BCUT2D eigenvalue weighted by Crippen LogP contribution is 2.26. The number of nitrogens with zero attached hydrogens (tertiary/aromatic N) is 1. The second kappa shape index (κ2) is 11.4. The Bertz CT molecular complexity index is 1260. The average Bonchev–Trinajstić information content (AvgIpc) is 2.85. The number of amides is 1. The molecule has 172 valence electrons. The Balaban J connectivity index is 1.81. The summed E-state index contributed by atoms with van der Waals surface area (Å²) in [6, 6.07) is 19.8. The molecule has 0 saturated carbocycles. The molecule has 0 heterocycles. The maximum atomic E-state index is 14.1. The second-order valence-corrected chi connectivity index (χ2v) is 7.26. The quantitative estimate of drug-likeness (QED) is 0.287. The van der Waals surface area contributed by atoms with Gasteiger partial charge in [-0.1, -0.05) is 30.3 Å². The summed E-state index contributed by atoms with van der Waals surface area (Å²) in [7, 11) is 1.28. The van der Waals surface area contributed by atoms with Gasteiger partial charge in [0, 0.05) is 12.1 Å². The largest absolute Gasteiger partial charge is 0.494 e. The molecule has 0 aromatic heterocycles. The van der Waals surface area contributed by atoms with E-state index >= 15 is 0 Å². The van der Waals surface area contributed by atoms with Crippen LogP contribution >= 0.6 is 0 Å². The molecule has 0 aliphatic heterocycles. The molecule has 0 unspecified atom stereocenters. The fourth-order valence-electron chi connectivity index (χ4n) is 3.26. The van der Waals surface area contributed by atoms with Crippen LogP contribution in [-0.2, 0) is 16.0 Å². The van der Waals surface area contributed by atoms with Gasteiger partial charge >= 0.3 is 5.97 Å². The van der Waals surface area contributed by atoms with E-state index in [2.05, 4.69) is 10.1 Å². The maximum absolute atomic E-state index is 14.1. The zero-order valence-electron chi connectivity index (χ0n) is 18.8. The molecule has 0 spiro atoms. The number of rotatable bonds is 8. The zero-order valence-corrected chi connectivity index (χ0v) is 18.8. The van der Waals surface area contributed by atoms with Gasteiger partial charge in [0.2, 0.25) is 0 Å². The number of esters is 1. The van der Waals surface area contributed by atoms with Crippen LogP contribution in [-0.4, -0.2) is 25.6 Å². The summed E-state index contributed by atoms with van der Waals surface area (Å²) >= 11 is 0. The number of hydrogen-bond acceptors (Lipinski definition) is 5. The number of benzene rings is 3. The van der Waals surface area contributed by atoms with E-state index in [0.717, 1.165) is 5.56 Å². The van der Waals surface area contributed by atoms with Crippen LogP contribution in [0.3, 0.4) is 0 Å². The van der Waals surface area contributed by atoms with E-state index in [4.69, 9.17) is 4.74 Å². The first kappa shape index (κ1) is 24.2. The number of halogens is 1. The second-order valence-electron chi connectivity index (χ2n) is 7.26. The highest BCUT2D eigenvalue weighted by atomic mass is 19.1. The smallest absolute Gasteiger partial charge is 0.337 e. The first-order chi connectivity index (χ1) is 16.4. The summed E-state index contributed by atoms with van der Waals surface area (Å²) in [4.78, 5) is 24.1. The molecule has 0 bridgehead atoms. The highest BCUT2D eigenvalue weighted by molar-refractivity contribution is 6.09. The van der Waals surface area contributed by atoms with Gasteiger partial charge in [-0.05, 0) is 66.1 Å². The van der Waals surface area contributed by atoms with E-state index < -0.39 is 11.9 Å². The summed E-state index contributed by atoms with van der Waals surface area (Å²) < 4.78 is 24.5. The molecule has 0 aliphatic carbocycles. The lowest BCUT2D eigenvalue weighted by Gasteiger charge is -2.12. The van der Waals surface area contributed by atoms with Crippen LogP contribution < -0.4 is 10.1 Å². The molecule has 0 aliphatic rings. The standard InChI is InChI=1S/C27H23FN2O4/c1-3-34-25-15-18(8-9-21(25)16-20-6-4-5-7-24(20)28)14-22(17-29)26(31)30-23-12-10-19(11-13-23)27(32)33-2/h4-15H,3,16H2,1-2H3,(H,30,31)/b22-14+. The van der Waals surface area contributed by atoms with Gasteiger partial charge < -0.3 is 14.8 Å². The minimum Gasteiger partial charge on any atom is -0.494 e. The van der Waals surface area contributed by atoms with E-state index in [0.29, 0.717) is 41.2 Å². The van der Waals surface area contributed by atoms with Gasteiger partial charge in [0.1, 0.15) is 23.2 Å². The number of anilines is 1. The molecule has 3 rings (SSSR count). The molecule has 0 atom stereocenters. The summed E-state index contributed by atoms with van der Waals surface area (Å²) in [5, 5.41) is 12.2. The Kier molecular flexibility index (Phi) is 8.14. The van der Waals surface area contributed by atoms with Gasteiger partial charge in [-0.25, -0.2) is 9.18 Å².